The molecule has 4 aliphatic heterocycles. The molecule has 4 heterocycles. The number of carbonyl (C=O) groups is 3. The maximum atomic E-state index is 14.8. The van der Waals surface area contributed by atoms with Crippen molar-refractivity contribution in [2.45, 2.75) is 49.5 Å². The zero-order valence-electron chi connectivity index (χ0n) is 23.8. The molecule has 9 heteroatoms. The van der Waals surface area contributed by atoms with E-state index in [1.165, 1.54) is 4.90 Å². The van der Waals surface area contributed by atoms with Crippen molar-refractivity contribution in [3.05, 3.63) is 84.5 Å². The van der Waals surface area contributed by atoms with Crippen LogP contribution in [0.1, 0.15) is 37.8 Å². The van der Waals surface area contributed by atoms with E-state index in [1.807, 2.05) is 55.5 Å². The second-order valence-electron chi connectivity index (χ2n) is 11.2. The van der Waals surface area contributed by atoms with E-state index in [0.29, 0.717) is 36.3 Å². The van der Waals surface area contributed by atoms with Crippen molar-refractivity contribution in [1.82, 2.24) is 4.90 Å². The Bertz CT molecular complexity index is 1410. The van der Waals surface area contributed by atoms with E-state index in [2.05, 4.69) is 0 Å². The first kappa shape index (κ1) is 28.2. The van der Waals surface area contributed by atoms with Gasteiger partial charge in [-0.25, -0.2) is 0 Å². The molecule has 2 aromatic carbocycles. The first-order valence-corrected chi connectivity index (χ1v) is 14.6. The lowest BCUT2D eigenvalue weighted by Gasteiger charge is -2.41. The van der Waals surface area contributed by atoms with Gasteiger partial charge >= 0.3 is 5.97 Å². The van der Waals surface area contributed by atoms with Crippen LogP contribution in [-0.2, 0) is 23.9 Å². The third kappa shape index (κ3) is 4.25. The summed E-state index contributed by atoms with van der Waals surface area (Å²) in [4.78, 5) is 46.3. The number of aliphatic hydroxyl groups is 1. The topological polar surface area (TPSA) is 106 Å². The van der Waals surface area contributed by atoms with Gasteiger partial charge < -0.3 is 29.1 Å². The standard InChI is InChI=1S/C33H36N2O7/c1-3-32-17-8-5-9-20-41-31(39)27(32)26-29(37)35(25(21-36)22-11-6-4-7-12-22)28-30(38)34(19-10-18-33(26,28)42-32)23-13-15-24(40-2)16-14-23/h4,6-8,10-18,25-28,36H,3,5,9,19-21H2,1-2H3/b17-8-/t25-,26+,27+,28?,32-,33+/m1/s1. The fourth-order valence-corrected chi connectivity index (χ4v) is 7.17. The number of ether oxygens (including phenoxy) is 3. The molecule has 0 bridgehead atoms. The van der Waals surface area contributed by atoms with Crippen LogP contribution in [0.25, 0.3) is 0 Å². The van der Waals surface area contributed by atoms with Crippen molar-refractivity contribution in [3.63, 3.8) is 0 Å². The van der Waals surface area contributed by atoms with E-state index in [-0.39, 0.29) is 19.1 Å². The van der Waals surface area contributed by atoms with Crippen LogP contribution in [0.5, 0.6) is 5.75 Å². The number of amides is 2. The monoisotopic (exact) mass is 572 g/mol. The van der Waals surface area contributed by atoms with Gasteiger partial charge in [-0.2, -0.15) is 0 Å². The number of hydrogen-bond donors (Lipinski definition) is 1. The first-order chi connectivity index (χ1) is 20.4. The minimum atomic E-state index is -1.46. The largest absolute Gasteiger partial charge is 0.497 e. The number of cyclic esters (lactones) is 1. The highest BCUT2D eigenvalue weighted by Crippen LogP contribution is 2.59. The Morgan fingerprint density at radius 3 is 2.45 bits per heavy atom. The van der Waals surface area contributed by atoms with Crippen LogP contribution in [0.15, 0.2) is 78.9 Å². The Morgan fingerprint density at radius 1 is 1.00 bits per heavy atom. The Kier molecular flexibility index (Phi) is 7.41. The molecule has 1 spiro atoms. The molecule has 1 N–H and O–H groups in total. The van der Waals surface area contributed by atoms with Crippen LogP contribution < -0.4 is 9.64 Å². The number of carbonyl (C=O) groups excluding carboxylic acids is 3. The SMILES string of the molecule is CC[C@@]12/C=C\CCCOC(=O)[C@@H]1[C@H]1C(=O)N([C@H](CO)c3ccccc3)C3C(=O)N(c4ccc(OC)cc4)CC=C[C@@]31O2. The van der Waals surface area contributed by atoms with Gasteiger partial charge in [-0.3, -0.25) is 14.4 Å². The van der Waals surface area contributed by atoms with Gasteiger partial charge in [-0.1, -0.05) is 61.6 Å². The molecule has 2 saturated heterocycles. The number of likely N-dealkylation sites (tertiary alicyclic amines) is 1. The van der Waals surface area contributed by atoms with Gasteiger partial charge in [-0.05, 0) is 49.1 Å². The lowest BCUT2D eigenvalue weighted by atomic mass is 9.73. The van der Waals surface area contributed by atoms with E-state index < -0.39 is 53.6 Å². The number of benzene rings is 2. The minimum absolute atomic E-state index is 0.237. The van der Waals surface area contributed by atoms with Gasteiger partial charge in [0.05, 0.1) is 32.3 Å². The Labute approximate surface area is 245 Å². The van der Waals surface area contributed by atoms with Crippen LogP contribution >= 0.6 is 0 Å². The third-order valence-corrected chi connectivity index (χ3v) is 9.15. The average molecular weight is 573 g/mol. The van der Waals surface area contributed by atoms with E-state index in [1.54, 1.807) is 42.4 Å². The van der Waals surface area contributed by atoms with E-state index in [0.717, 1.165) is 0 Å². The summed E-state index contributed by atoms with van der Waals surface area (Å²) in [5, 5.41) is 10.7. The molecule has 1 unspecified atom stereocenters. The van der Waals surface area contributed by atoms with E-state index in [4.69, 9.17) is 14.2 Å². The molecule has 0 saturated carbocycles. The minimum Gasteiger partial charge on any atom is -0.497 e. The smallest absolute Gasteiger partial charge is 0.313 e. The molecule has 220 valence electrons. The molecular formula is C33H36N2O7. The van der Waals surface area contributed by atoms with Crippen molar-refractivity contribution in [2.24, 2.45) is 11.8 Å². The molecule has 0 radical (unpaired) electrons. The Morgan fingerprint density at radius 2 is 1.76 bits per heavy atom. The Balaban J connectivity index is 1.54. The third-order valence-electron chi connectivity index (χ3n) is 9.15. The summed E-state index contributed by atoms with van der Waals surface area (Å²) in [7, 11) is 1.58. The molecular weight excluding hydrogens is 536 g/mol. The number of aliphatic hydroxyl groups excluding tert-OH is 1. The predicted octanol–water partition coefficient (Wildman–Crippen LogP) is 3.59. The second kappa shape index (κ2) is 11.0. The van der Waals surface area contributed by atoms with Gasteiger partial charge in [0.25, 0.3) is 5.91 Å². The number of esters is 1. The van der Waals surface area contributed by atoms with Crippen LogP contribution in [-0.4, -0.2) is 71.9 Å². The van der Waals surface area contributed by atoms with Crippen molar-refractivity contribution >= 4 is 23.5 Å². The summed E-state index contributed by atoms with van der Waals surface area (Å²) in [5.41, 5.74) is -1.28. The van der Waals surface area contributed by atoms with Gasteiger partial charge in [-0.15, -0.1) is 0 Å². The quantitative estimate of drug-likeness (QED) is 0.417. The molecule has 2 fully saturated rings. The summed E-state index contributed by atoms with van der Waals surface area (Å²) in [6, 6.07) is 14.3. The lowest BCUT2D eigenvalue weighted by molar-refractivity contribution is -0.161. The highest BCUT2D eigenvalue weighted by molar-refractivity contribution is 6.05. The van der Waals surface area contributed by atoms with Crippen molar-refractivity contribution in [3.8, 4) is 5.75 Å². The van der Waals surface area contributed by atoms with Crippen LogP contribution in [0.2, 0.25) is 0 Å². The summed E-state index contributed by atoms with van der Waals surface area (Å²) in [5.74, 6) is -2.61. The van der Waals surface area contributed by atoms with E-state index in [9.17, 15) is 19.5 Å². The fraction of sp³-hybridized carbons (Fsp3) is 0.424. The molecule has 6 atom stereocenters. The van der Waals surface area contributed by atoms with Crippen LogP contribution in [0, 0.1) is 11.8 Å². The average Bonchev–Trinajstić information content (AvgIpc) is 3.40. The zero-order chi connectivity index (χ0) is 29.5. The van der Waals surface area contributed by atoms with Gasteiger partial charge in [0.15, 0.2) is 0 Å². The van der Waals surface area contributed by atoms with Gasteiger partial charge in [0.2, 0.25) is 5.91 Å². The van der Waals surface area contributed by atoms with Crippen LogP contribution in [0.4, 0.5) is 5.69 Å². The number of fused-ring (bicyclic) bond motifs is 2. The number of allylic oxidation sites excluding steroid dienone is 1. The van der Waals surface area contributed by atoms with Crippen molar-refractivity contribution in [1.29, 1.82) is 0 Å². The second-order valence-corrected chi connectivity index (χ2v) is 11.2. The molecule has 42 heavy (non-hydrogen) atoms. The molecule has 2 aromatic rings. The molecule has 0 aliphatic carbocycles. The van der Waals surface area contributed by atoms with Crippen molar-refractivity contribution < 1.29 is 33.7 Å². The molecule has 4 aliphatic rings. The predicted molar refractivity (Wildman–Crippen MR) is 155 cm³/mol. The summed E-state index contributed by atoms with van der Waals surface area (Å²) in [6.07, 6.45) is 9.31. The first-order valence-electron chi connectivity index (χ1n) is 14.6. The van der Waals surface area contributed by atoms with Gasteiger partial charge in [0.1, 0.15) is 28.9 Å². The molecule has 2 amide bonds. The maximum absolute atomic E-state index is 14.8. The normalized spacial score (nSPS) is 32.1. The van der Waals surface area contributed by atoms with Crippen molar-refractivity contribution in [2.75, 3.05) is 31.8 Å². The van der Waals surface area contributed by atoms with Gasteiger partial charge in [0, 0.05) is 12.2 Å². The fourth-order valence-electron chi connectivity index (χ4n) is 7.17. The number of hydrogen-bond acceptors (Lipinski definition) is 7. The summed E-state index contributed by atoms with van der Waals surface area (Å²) in [6.45, 7) is 1.98. The molecule has 0 aromatic heterocycles. The maximum Gasteiger partial charge on any atom is 0.313 e. The number of anilines is 1. The highest BCUT2D eigenvalue weighted by atomic mass is 16.6. The van der Waals surface area contributed by atoms with E-state index >= 15 is 0 Å². The molecule has 9 nitrogen and oxygen atoms in total. The number of rotatable bonds is 6. The zero-order valence-corrected chi connectivity index (χ0v) is 23.8. The molecule has 6 rings (SSSR count). The summed E-state index contributed by atoms with van der Waals surface area (Å²) < 4.78 is 18.0. The number of methoxy groups -OCH3 is 1. The summed E-state index contributed by atoms with van der Waals surface area (Å²) >= 11 is 0. The lowest BCUT2D eigenvalue weighted by Crippen LogP contribution is -2.57. The number of nitrogens with zero attached hydrogens (tertiary/aromatic N) is 2. The highest BCUT2D eigenvalue weighted by Gasteiger charge is 2.76. The van der Waals surface area contributed by atoms with Crippen LogP contribution in [0.3, 0.4) is 0 Å². The Hall–Kier alpha value is -3.95.